The van der Waals surface area contributed by atoms with Crippen LogP contribution in [0.2, 0.25) is 0 Å². The van der Waals surface area contributed by atoms with E-state index in [1.54, 1.807) is 18.3 Å². The molecular formula is C21H17FN2O. The van der Waals surface area contributed by atoms with Gasteiger partial charge in [0, 0.05) is 0 Å². The molecule has 3 rings (SSSR count). The number of hydrogen-bond donors (Lipinski definition) is 1. The van der Waals surface area contributed by atoms with E-state index in [1.807, 2.05) is 42.5 Å². The van der Waals surface area contributed by atoms with E-state index in [1.165, 1.54) is 12.1 Å². The monoisotopic (exact) mass is 332 g/mol. The molecule has 3 nitrogen and oxygen atoms in total. The fraction of sp³-hybridized carbons (Fsp3) is 0.0476. The molecule has 0 heterocycles. The first-order valence-electron chi connectivity index (χ1n) is 7.92. The van der Waals surface area contributed by atoms with Crippen LogP contribution in [0, 0.1) is 5.82 Å². The summed E-state index contributed by atoms with van der Waals surface area (Å²) in [6.07, 6.45) is 1.75. The minimum Gasteiger partial charge on any atom is -0.273 e. The SMILES string of the molecule is O=C(Cc1ccc(F)cc1)N/N=C/c1ccc(-c2ccccc2)cc1. The van der Waals surface area contributed by atoms with E-state index in [-0.39, 0.29) is 18.1 Å². The second-order valence-corrected chi connectivity index (χ2v) is 5.58. The van der Waals surface area contributed by atoms with Gasteiger partial charge in [-0.1, -0.05) is 66.7 Å². The van der Waals surface area contributed by atoms with Gasteiger partial charge in [0.05, 0.1) is 12.6 Å². The molecule has 3 aromatic carbocycles. The summed E-state index contributed by atoms with van der Waals surface area (Å²) >= 11 is 0. The smallest absolute Gasteiger partial charge is 0.244 e. The van der Waals surface area contributed by atoms with Gasteiger partial charge in [-0.3, -0.25) is 4.79 Å². The van der Waals surface area contributed by atoms with Crippen molar-refractivity contribution in [1.82, 2.24) is 5.43 Å². The Hall–Kier alpha value is -3.27. The van der Waals surface area contributed by atoms with Crippen molar-refractivity contribution >= 4 is 12.1 Å². The zero-order valence-corrected chi connectivity index (χ0v) is 13.5. The molecule has 0 aliphatic heterocycles. The fourth-order valence-electron chi connectivity index (χ4n) is 2.40. The number of nitrogens with one attached hydrogen (secondary N) is 1. The quantitative estimate of drug-likeness (QED) is 0.552. The summed E-state index contributed by atoms with van der Waals surface area (Å²) in [5, 5.41) is 3.96. The highest BCUT2D eigenvalue weighted by atomic mass is 19.1. The fourth-order valence-corrected chi connectivity index (χ4v) is 2.40. The second kappa shape index (κ2) is 8.02. The molecule has 0 bridgehead atoms. The number of carbonyl (C=O) groups excluding carboxylic acids is 1. The van der Waals surface area contributed by atoms with E-state index in [2.05, 4.69) is 22.7 Å². The molecule has 0 saturated heterocycles. The highest BCUT2D eigenvalue weighted by Gasteiger charge is 2.02. The van der Waals surface area contributed by atoms with Crippen molar-refractivity contribution in [3.8, 4) is 11.1 Å². The summed E-state index contributed by atoms with van der Waals surface area (Å²) in [6, 6.07) is 23.8. The first-order chi connectivity index (χ1) is 12.2. The van der Waals surface area contributed by atoms with E-state index >= 15 is 0 Å². The Bertz CT molecular complexity index is 857. The van der Waals surface area contributed by atoms with Gasteiger partial charge in [-0.25, -0.2) is 9.82 Å². The normalized spacial score (nSPS) is 10.8. The average Bonchev–Trinajstić information content (AvgIpc) is 2.65. The molecular weight excluding hydrogens is 315 g/mol. The lowest BCUT2D eigenvalue weighted by molar-refractivity contribution is -0.120. The van der Waals surface area contributed by atoms with Gasteiger partial charge in [0.2, 0.25) is 5.91 Å². The van der Waals surface area contributed by atoms with Crippen molar-refractivity contribution in [1.29, 1.82) is 0 Å². The molecule has 4 heteroatoms. The molecule has 0 aromatic heterocycles. The van der Waals surface area contributed by atoms with Gasteiger partial charge < -0.3 is 0 Å². The number of halogens is 1. The van der Waals surface area contributed by atoms with Crippen molar-refractivity contribution in [3.05, 3.63) is 95.8 Å². The number of rotatable bonds is 5. The van der Waals surface area contributed by atoms with Gasteiger partial charge in [-0.2, -0.15) is 5.10 Å². The third kappa shape index (κ3) is 4.85. The number of hydrazone groups is 1. The topological polar surface area (TPSA) is 41.5 Å². The Balaban J connectivity index is 1.55. The van der Waals surface area contributed by atoms with Crippen LogP contribution in [-0.2, 0) is 11.2 Å². The van der Waals surface area contributed by atoms with Crippen molar-refractivity contribution in [2.75, 3.05) is 0 Å². The van der Waals surface area contributed by atoms with Crippen LogP contribution in [0.3, 0.4) is 0 Å². The molecule has 0 spiro atoms. The molecule has 0 fully saturated rings. The number of amides is 1. The Morgan fingerprint density at radius 3 is 2.20 bits per heavy atom. The van der Waals surface area contributed by atoms with Crippen molar-refractivity contribution in [2.45, 2.75) is 6.42 Å². The van der Waals surface area contributed by atoms with E-state index in [4.69, 9.17) is 0 Å². The molecule has 0 atom stereocenters. The van der Waals surface area contributed by atoms with Crippen LogP contribution in [0.4, 0.5) is 4.39 Å². The van der Waals surface area contributed by atoms with Crippen LogP contribution in [0.1, 0.15) is 11.1 Å². The largest absolute Gasteiger partial charge is 0.273 e. The van der Waals surface area contributed by atoms with Gasteiger partial charge in [-0.05, 0) is 34.4 Å². The number of benzene rings is 3. The second-order valence-electron chi connectivity index (χ2n) is 5.58. The molecule has 25 heavy (non-hydrogen) atoms. The van der Waals surface area contributed by atoms with Crippen molar-refractivity contribution < 1.29 is 9.18 Å². The van der Waals surface area contributed by atoms with Gasteiger partial charge in [0.15, 0.2) is 0 Å². The molecule has 0 aliphatic rings. The molecule has 124 valence electrons. The highest BCUT2D eigenvalue weighted by Crippen LogP contribution is 2.18. The average molecular weight is 332 g/mol. The number of nitrogens with zero attached hydrogens (tertiary/aromatic N) is 1. The van der Waals surface area contributed by atoms with Crippen LogP contribution in [0.5, 0.6) is 0 Å². The number of hydrogen-bond acceptors (Lipinski definition) is 2. The summed E-state index contributed by atoms with van der Waals surface area (Å²) in [5.74, 6) is -0.565. The summed E-state index contributed by atoms with van der Waals surface area (Å²) in [5.41, 5.74) is 6.38. The molecule has 3 aromatic rings. The highest BCUT2D eigenvalue weighted by molar-refractivity contribution is 5.84. The molecule has 0 unspecified atom stereocenters. The van der Waals surface area contributed by atoms with Crippen LogP contribution in [0.15, 0.2) is 84.0 Å². The van der Waals surface area contributed by atoms with E-state index in [0.717, 1.165) is 22.3 Å². The molecule has 1 amide bonds. The minimum atomic E-state index is -0.318. The Kier molecular flexibility index (Phi) is 5.32. The standard InChI is InChI=1S/C21H17FN2O/c22-20-12-8-16(9-13-20)14-21(25)24-23-15-17-6-10-19(11-7-17)18-4-2-1-3-5-18/h1-13,15H,14H2,(H,24,25)/b23-15+. The van der Waals surface area contributed by atoms with E-state index in [9.17, 15) is 9.18 Å². The van der Waals surface area contributed by atoms with E-state index < -0.39 is 0 Å². The van der Waals surface area contributed by atoms with Crippen molar-refractivity contribution in [3.63, 3.8) is 0 Å². The third-order valence-corrected chi connectivity index (χ3v) is 3.70. The van der Waals surface area contributed by atoms with E-state index in [0.29, 0.717) is 0 Å². The van der Waals surface area contributed by atoms with Crippen LogP contribution in [-0.4, -0.2) is 12.1 Å². The predicted octanol–water partition coefficient (Wildman–Crippen LogP) is 4.19. The minimum absolute atomic E-state index is 0.157. The molecule has 0 aliphatic carbocycles. The lowest BCUT2D eigenvalue weighted by Gasteiger charge is -2.02. The summed E-state index contributed by atoms with van der Waals surface area (Å²) in [7, 11) is 0. The Labute approximate surface area is 145 Å². The van der Waals surface area contributed by atoms with Gasteiger partial charge in [0.25, 0.3) is 0 Å². The Morgan fingerprint density at radius 1 is 0.880 bits per heavy atom. The Morgan fingerprint density at radius 2 is 1.52 bits per heavy atom. The zero-order chi connectivity index (χ0) is 17.5. The van der Waals surface area contributed by atoms with Crippen LogP contribution in [0.25, 0.3) is 11.1 Å². The van der Waals surface area contributed by atoms with Gasteiger partial charge in [0.1, 0.15) is 5.82 Å². The molecule has 0 radical (unpaired) electrons. The number of carbonyl (C=O) groups is 1. The molecule has 0 saturated carbocycles. The predicted molar refractivity (Wildman–Crippen MR) is 97.7 cm³/mol. The zero-order valence-electron chi connectivity index (χ0n) is 13.5. The lowest BCUT2D eigenvalue weighted by Crippen LogP contribution is -2.19. The lowest BCUT2D eigenvalue weighted by atomic mass is 10.0. The van der Waals surface area contributed by atoms with Crippen molar-refractivity contribution in [2.24, 2.45) is 5.10 Å². The first-order valence-corrected chi connectivity index (χ1v) is 7.92. The first kappa shape index (κ1) is 16.6. The van der Waals surface area contributed by atoms with Gasteiger partial charge in [-0.15, -0.1) is 0 Å². The maximum absolute atomic E-state index is 12.8. The maximum atomic E-state index is 12.8. The van der Waals surface area contributed by atoms with Gasteiger partial charge >= 0.3 is 0 Å². The maximum Gasteiger partial charge on any atom is 0.244 e. The third-order valence-electron chi connectivity index (χ3n) is 3.70. The van der Waals surface area contributed by atoms with Crippen LogP contribution < -0.4 is 5.43 Å². The summed E-state index contributed by atoms with van der Waals surface area (Å²) in [6.45, 7) is 0. The molecule has 1 N–H and O–H groups in total. The summed E-state index contributed by atoms with van der Waals surface area (Å²) in [4.78, 5) is 11.8. The summed E-state index contributed by atoms with van der Waals surface area (Å²) < 4.78 is 12.8. The van der Waals surface area contributed by atoms with Crippen LogP contribution >= 0.6 is 0 Å².